The number of hydrogen-bond donors (Lipinski definition) is 2. The molecular weight excluding hydrogens is 314 g/mol. The summed E-state index contributed by atoms with van der Waals surface area (Å²) < 4.78 is 0. The first-order chi connectivity index (χ1) is 11.9. The first-order valence-electron chi connectivity index (χ1n) is 9.33. The molecule has 1 aliphatic heterocycles. The first-order valence-corrected chi connectivity index (χ1v) is 9.33. The molecule has 1 heterocycles. The monoisotopic (exact) mass is 347 g/mol. The van der Waals surface area contributed by atoms with E-state index < -0.39 is 0 Å². The topological polar surface area (TPSA) is 55.8 Å². The summed E-state index contributed by atoms with van der Waals surface area (Å²) in [7, 11) is 0. The van der Waals surface area contributed by atoms with Gasteiger partial charge in [0.05, 0.1) is 0 Å². The lowest BCUT2D eigenvalue weighted by Gasteiger charge is -2.39. The van der Waals surface area contributed by atoms with Gasteiger partial charge in [0, 0.05) is 45.4 Å². The molecule has 1 aliphatic rings. The van der Waals surface area contributed by atoms with Crippen molar-refractivity contribution in [1.82, 2.24) is 15.1 Å². The Morgan fingerprint density at radius 2 is 2.00 bits per heavy atom. The molecule has 0 saturated carbocycles. The maximum Gasteiger partial charge on any atom is 0.317 e. The number of piperazine rings is 1. The van der Waals surface area contributed by atoms with Crippen LogP contribution in [0.25, 0.3) is 0 Å². The molecule has 2 rings (SSSR count). The average molecular weight is 348 g/mol. The van der Waals surface area contributed by atoms with E-state index >= 15 is 0 Å². The van der Waals surface area contributed by atoms with Gasteiger partial charge in [0.1, 0.15) is 0 Å². The Kier molecular flexibility index (Phi) is 7.26. The molecule has 5 heteroatoms. The Morgan fingerprint density at radius 1 is 1.28 bits per heavy atom. The fourth-order valence-electron chi connectivity index (χ4n) is 3.26. The van der Waals surface area contributed by atoms with E-state index in [-0.39, 0.29) is 24.1 Å². The standard InChI is InChI=1S/C20H33N3O2/c1-17-14-22(15-18-8-5-4-6-9-18)12-13-23(17)19(25)21-11-7-10-20(2,3)16-24/h4-6,8-9,17,24H,7,10-16H2,1-3H3,(H,21,25)/t17-/m1/s1. The molecule has 1 saturated heterocycles. The Labute approximate surface area is 152 Å². The Balaban J connectivity index is 1.72. The van der Waals surface area contributed by atoms with Crippen LogP contribution in [0.1, 0.15) is 39.2 Å². The Bertz CT molecular complexity index is 533. The van der Waals surface area contributed by atoms with Gasteiger partial charge < -0.3 is 15.3 Å². The molecule has 0 aliphatic carbocycles. The summed E-state index contributed by atoms with van der Waals surface area (Å²) in [6.45, 7) is 10.6. The fraction of sp³-hybridized carbons (Fsp3) is 0.650. The van der Waals surface area contributed by atoms with Crippen molar-refractivity contribution in [3.8, 4) is 0 Å². The second kappa shape index (κ2) is 9.20. The number of urea groups is 1. The van der Waals surface area contributed by atoms with Crippen molar-refractivity contribution in [1.29, 1.82) is 0 Å². The molecule has 140 valence electrons. The minimum atomic E-state index is -0.0684. The highest BCUT2D eigenvalue weighted by Crippen LogP contribution is 2.20. The van der Waals surface area contributed by atoms with E-state index in [1.807, 2.05) is 24.8 Å². The van der Waals surface area contributed by atoms with Crippen LogP contribution in [0.5, 0.6) is 0 Å². The van der Waals surface area contributed by atoms with Gasteiger partial charge in [-0.1, -0.05) is 44.2 Å². The number of amides is 2. The van der Waals surface area contributed by atoms with E-state index in [1.54, 1.807) is 0 Å². The molecule has 1 aromatic carbocycles. The second-order valence-corrected chi connectivity index (χ2v) is 7.92. The first kappa shape index (κ1) is 19.7. The summed E-state index contributed by atoms with van der Waals surface area (Å²) in [6.07, 6.45) is 1.80. The number of hydrogen-bond acceptors (Lipinski definition) is 3. The molecule has 25 heavy (non-hydrogen) atoms. The third-order valence-electron chi connectivity index (χ3n) is 4.96. The van der Waals surface area contributed by atoms with Crippen LogP contribution in [0, 0.1) is 5.41 Å². The van der Waals surface area contributed by atoms with Crippen molar-refractivity contribution in [2.75, 3.05) is 32.8 Å². The summed E-state index contributed by atoms with van der Waals surface area (Å²) in [5.41, 5.74) is 1.25. The van der Waals surface area contributed by atoms with E-state index in [0.717, 1.165) is 39.0 Å². The summed E-state index contributed by atoms with van der Waals surface area (Å²) in [4.78, 5) is 16.8. The van der Waals surface area contributed by atoms with E-state index in [1.165, 1.54) is 5.56 Å². The molecule has 2 N–H and O–H groups in total. The molecule has 2 amide bonds. The largest absolute Gasteiger partial charge is 0.396 e. The average Bonchev–Trinajstić information content (AvgIpc) is 2.59. The number of carbonyl (C=O) groups excluding carboxylic acids is 1. The van der Waals surface area contributed by atoms with Gasteiger partial charge in [0.2, 0.25) is 0 Å². The van der Waals surface area contributed by atoms with Crippen molar-refractivity contribution >= 4 is 6.03 Å². The van der Waals surface area contributed by atoms with Gasteiger partial charge in [0.15, 0.2) is 0 Å². The van der Waals surface area contributed by atoms with Crippen LogP contribution in [0.3, 0.4) is 0 Å². The molecule has 0 bridgehead atoms. The second-order valence-electron chi connectivity index (χ2n) is 7.92. The van der Waals surface area contributed by atoms with Crippen molar-refractivity contribution < 1.29 is 9.90 Å². The minimum absolute atomic E-state index is 0.0358. The van der Waals surface area contributed by atoms with E-state index in [2.05, 4.69) is 41.4 Å². The van der Waals surface area contributed by atoms with Crippen molar-refractivity contribution in [2.24, 2.45) is 5.41 Å². The highest BCUT2D eigenvalue weighted by atomic mass is 16.3. The number of nitrogens with zero attached hydrogens (tertiary/aromatic N) is 2. The van der Waals surface area contributed by atoms with Gasteiger partial charge in [-0.25, -0.2) is 4.79 Å². The zero-order valence-electron chi connectivity index (χ0n) is 15.9. The number of rotatable bonds is 7. The number of aliphatic hydroxyl groups is 1. The maximum atomic E-state index is 12.4. The number of nitrogens with one attached hydrogen (secondary N) is 1. The van der Waals surface area contributed by atoms with E-state index in [4.69, 9.17) is 0 Å². The molecule has 0 spiro atoms. The molecule has 0 radical (unpaired) electrons. The van der Waals surface area contributed by atoms with Gasteiger partial charge in [-0.15, -0.1) is 0 Å². The third-order valence-corrected chi connectivity index (χ3v) is 4.96. The zero-order chi connectivity index (χ0) is 18.3. The van der Waals surface area contributed by atoms with Crippen LogP contribution in [-0.4, -0.2) is 59.8 Å². The quantitative estimate of drug-likeness (QED) is 0.746. The summed E-state index contributed by atoms with van der Waals surface area (Å²) in [5, 5.41) is 12.3. The number of benzene rings is 1. The van der Waals surface area contributed by atoms with Crippen LogP contribution in [-0.2, 0) is 6.54 Å². The van der Waals surface area contributed by atoms with Crippen LogP contribution >= 0.6 is 0 Å². The van der Waals surface area contributed by atoms with Crippen LogP contribution in [0.4, 0.5) is 4.79 Å². The van der Waals surface area contributed by atoms with Crippen molar-refractivity contribution in [3.63, 3.8) is 0 Å². The Hall–Kier alpha value is -1.59. The third kappa shape index (κ3) is 6.33. The van der Waals surface area contributed by atoms with Gasteiger partial charge in [-0.05, 0) is 30.7 Å². The highest BCUT2D eigenvalue weighted by molar-refractivity contribution is 5.74. The van der Waals surface area contributed by atoms with Crippen molar-refractivity contribution in [3.05, 3.63) is 35.9 Å². The van der Waals surface area contributed by atoms with Gasteiger partial charge >= 0.3 is 6.03 Å². The fourth-order valence-corrected chi connectivity index (χ4v) is 3.26. The molecule has 1 aromatic rings. The van der Waals surface area contributed by atoms with Gasteiger partial charge in [-0.3, -0.25) is 4.90 Å². The lowest BCUT2D eigenvalue weighted by Crippen LogP contribution is -2.56. The summed E-state index contributed by atoms with van der Waals surface area (Å²) in [6, 6.07) is 10.7. The Morgan fingerprint density at radius 3 is 2.64 bits per heavy atom. The van der Waals surface area contributed by atoms with Gasteiger partial charge in [-0.2, -0.15) is 0 Å². The maximum absolute atomic E-state index is 12.4. The SMILES string of the molecule is C[C@@H]1CN(Cc2ccccc2)CCN1C(=O)NCCCC(C)(C)CO. The molecule has 0 aromatic heterocycles. The van der Waals surface area contributed by atoms with Crippen LogP contribution < -0.4 is 5.32 Å². The predicted molar refractivity (Wildman–Crippen MR) is 101 cm³/mol. The molecular formula is C20H33N3O2. The number of aliphatic hydroxyl groups excluding tert-OH is 1. The smallest absolute Gasteiger partial charge is 0.317 e. The van der Waals surface area contributed by atoms with E-state index in [0.29, 0.717) is 6.54 Å². The van der Waals surface area contributed by atoms with E-state index in [9.17, 15) is 9.90 Å². The molecule has 0 unspecified atom stereocenters. The normalized spacial score (nSPS) is 19.0. The summed E-state index contributed by atoms with van der Waals surface area (Å²) in [5.74, 6) is 0. The zero-order valence-corrected chi connectivity index (χ0v) is 15.9. The predicted octanol–water partition coefficient (Wildman–Crippen LogP) is 2.70. The lowest BCUT2D eigenvalue weighted by atomic mass is 9.89. The molecule has 5 nitrogen and oxygen atoms in total. The van der Waals surface area contributed by atoms with Crippen LogP contribution in [0.15, 0.2) is 30.3 Å². The summed E-state index contributed by atoms with van der Waals surface area (Å²) >= 11 is 0. The number of carbonyl (C=O) groups is 1. The molecule has 1 atom stereocenters. The lowest BCUT2D eigenvalue weighted by molar-refractivity contribution is 0.0971. The van der Waals surface area contributed by atoms with Crippen molar-refractivity contribution in [2.45, 2.75) is 46.2 Å². The highest BCUT2D eigenvalue weighted by Gasteiger charge is 2.27. The minimum Gasteiger partial charge on any atom is -0.396 e. The van der Waals surface area contributed by atoms with Crippen LogP contribution in [0.2, 0.25) is 0 Å². The molecule has 1 fully saturated rings. The van der Waals surface area contributed by atoms with Gasteiger partial charge in [0.25, 0.3) is 0 Å².